The number of carbonyl (C=O) groups excluding carboxylic acids is 1. The van der Waals surface area contributed by atoms with Gasteiger partial charge in [0.1, 0.15) is 0 Å². The summed E-state index contributed by atoms with van der Waals surface area (Å²) >= 11 is 0. The maximum atomic E-state index is 12.4. The Bertz CT molecular complexity index is 568. The third kappa shape index (κ3) is 2.23. The van der Waals surface area contributed by atoms with Crippen molar-refractivity contribution in [3.05, 3.63) is 58.9 Å². The summed E-state index contributed by atoms with van der Waals surface area (Å²) in [5.41, 5.74) is 4.47. The summed E-state index contributed by atoms with van der Waals surface area (Å²) in [6.45, 7) is 4.22. The Labute approximate surface area is 114 Å². The van der Waals surface area contributed by atoms with Crippen molar-refractivity contribution in [2.75, 3.05) is 0 Å². The van der Waals surface area contributed by atoms with E-state index in [9.17, 15) is 4.79 Å². The Kier molecular flexibility index (Phi) is 3.02. The van der Waals surface area contributed by atoms with Crippen LogP contribution in [0.2, 0.25) is 0 Å². The zero-order valence-electron chi connectivity index (χ0n) is 11.4. The van der Waals surface area contributed by atoms with Crippen molar-refractivity contribution in [2.24, 2.45) is 5.92 Å². The van der Waals surface area contributed by atoms with E-state index in [4.69, 9.17) is 0 Å². The molecule has 1 aliphatic heterocycles. The Morgan fingerprint density at radius 3 is 2.63 bits per heavy atom. The third-order valence-electron chi connectivity index (χ3n) is 3.95. The summed E-state index contributed by atoms with van der Waals surface area (Å²) < 4.78 is 0. The predicted octanol–water partition coefficient (Wildman–Crippen LogP) is 3.53. The molecule has 2 heteroatoms. The van der Waals surface area contributed by atoms with Crippen LogP contribution >= 0.6 is 0 Å². The molecule has 0 fully saturated rings. The van der Waals surface area contributed by atoms with Crippen molar-refractivity contribution in [3.8, 4) is 0 Å². The molecule has 1 aromatic carbocycles. The molecule has 0 amide bonds. The highest BCUT2D eigenvalue weighted by molar-refractivity contribution is 5.99. The molecule has 1 N–H and O–H groups in total. The molecule has 1 aromatic rings. The van der Waals surface area contributed by atoms with Crippen molar-refractivity contribution in [3.63, 3.8) is 0 Å². The number of hydrogen-bond donors (Lipinski definition) is 1. The van der Waals surface area contributed by atoms with Crippen LogP contribution in [0.5, 0.6) is 0 Å². The molecule has 1 aliphatic carbocycles. The summed E-state index contributed by atoms with van der Waals surface area (Å²) in [7, 11) is 0. The van der Waals surface area contributed by atoms with E-state index in [0.717, 1.165) is 23.4 Å². The van der Waals surface area contributed by atoms with Gasteiger partial charge < -0.3 is 5.32 Å². The Morgan fingerprint density at radius 2 is 1.89 bits per heavy atom. The van der Waals surface area contributed by atoms with Crippen LogP contribution in [0.1, 0.15) is 38.2 Å². The second-order valence-electron chi connectivity index (χ2n) is 5.69. The van der Waals surface area contributed by atoms with Crippen LogP contribution in [0, 0.1) is 5.92 Å². The number of ketones is 1. The molecule has 0 saturated heterocycles. The molecule has 1 heterocycles. The average molecular weight is 253 g/mol. The van der Waals surface area contributed by atoms with E-state index in [2.05, 4.69) is 37.4 Å². The van der Waals surface area contributed by atoms with E-state index in [1.165, 1.54) is 5.56 Å². The minimum absolute atomic E-state index is 0.123. The van der Waals surface area contributed by atoms with Gasteiger partial charge in [-0.1, -0.05) is 43.3 Å². The van der Waals surface area contributed by atoms with Crippen molar-refractivity contribution in [2.45, 2.75) is 32.6 Å². The predicted molar refractivity (Wildman–Crippen MR) is 76.5 cm³/mol. The summed E-state index contributed by atoms with van der Waals surface area (Å²) in [5.74, 6) is 0.873. The minimum Gasteiger partial charge on any atom is -0.362 e. The van der Waals surface area contributed by atoms with Gasteiger partial charge in [-0.25, -0.2) is 0 Å². The first-order valence-electron chi connectivity index (χ1n) is 6.92. The molecule has 0 saturated carbocycles. The molecule has 98 valence electrons. The first kappa shape index (κ1) is 12.2. The number of Topliss-reactive ketones (excluding diaryl/α,β-unsaturated/α-hetero) is 1. The maximum Gasteiger partial charge on any atom is 0.161 e. The van der Waals surface area contributed by atoms with E-state index in [1.807, 2.05) is 18.2 Å². The van der Waals surface area contributed by atoms with Gasteiger partial charge in [-0.05, 0) is 24.8 Å². The van der Waals surface area contributed by atoms with Crippen LogP contribution in [0.3, 0.4) is 0 Å². The highest BCUT2D eigenvalue weighted by Crippen LogP contribution is 2.38. The first-order chi connectivity index (χ1) is 9.15. The summed E-state index contributed by atoms with van der Waals surface area (Å²) in [6.07, 6.45) is 3.83. The van der Waals surface area contributed by atoms with Gasteiger partial charge in [0.2, 0.25) is 0 Å². The lowest BCUT2D eigenvalue weighted by molar-refractivity contribution is -0.117. The topological polar surface area (TPSA) is 29.1 Å². The molecule has 2 unspecified atom stereocenters. The van der Waals surface area contributed by atoms with Crippen LogP contribution in [-0.4, -0.2) is 5.78 Å². The molecule has 0 bridgehead atoms. The number of hydrogen-bond acceptors (Lipinski definition) is 2. The van der Waals surface area contributed by atoms with E-state index in [1.54, 1.807) is 0 Å². The van der Waals surface area contributed by atoms with Crippen LogP contribution in [0.4, 0.5) is 0 Å². The molecule has 0 radical (unpaired) electrons. The normalized spacial score (nSPS) is 26.6. The molecule has 2 nitrogen and oxygen atoms in total. The van der Waals surface area contributed by atoms with Gasteiger partial charge in [0.05, 0.1) is 0 Å². The van der Waals surface area contributed by atoms with E-state index in [-0.39, 0.29) is 5.92 Å². The number of dihydropyridines is 1. The van der Waals surface area contributed by atoms with E-state index >= 15 is 0 Å². The average Bonchev–Trinajstić information content (AvgIpc) is 2.38. The van der Waals surface area contributed by atoms with Gasteiger partial charge >= 0.3 is 0 Å². The maximum absolute atomic E-state index is 12.4. The van der Waals surface area contributed by atoms with Crippen LogP contribution in [0.25, 0.3) is 0 Å². The largest absolute Gasteiger partial charge is 0.362 e. The summed E-state index contributed by atoms with van der Waals surface area (Å²) in [5, 5.41) is 3.40. The SMILES string of the molecule is CC1=CC(c2ccccc2)C2=C(CC(C)CC2=O)N1. The fourth-order valence-electron chi connectivity index (χ4n) is 3.14. The highest BCUT2D eigenvalue weighted by Gasteiger charge is 2.32. The van der Waals surface area contributed by atoms with Crippen LogP contribution in [0.15, 0.2) is 53.4 Å². The van der Waals surface area contributed by atoms with E-state index in [0.29, 0.717) is 18.1 Å². The van der Waals surface area contributed by atoms with Gasteiger partial charge in [-0.15, -0.1) is 0 Å². The van der Waals surface area contributed by atoms with Gasteiger partial charge in [0.15, 0.2) is 5.78 Å². The summed E-state index contributed by atoms with van der Waals surface area (Å²) in [4.78, 5) is 12.4. The standard InChI is InChI=1S/C17H19NO/c1-11-8-15-17(16(19)9-11)14(10-12(2)18-15)13-6-4-3-5-7-13/h3-7,10-11,14,18H,8-9H2,1-2H3. The lowest BCUT2D eigenvalue weighted by atomic mass is 9.77. The smallest absolute Gasteiger partial charge is 0.161 e. The van der Waals surface area contributed by atoms with E-state index < -0.39 is 0 Å². The van der Waals surface area contributed by atoms with Crippen LogP contribution < -0.4 is 5.32 Å². The Morgan fingerprint density at radius 1 is 1.16 bits per heavy atom. The zero-order chi connectivity index (χ0) is 13.4. The molecule has 0 spiro atoms. The second-order valence-corrected chi connectivity index (χ2v) is 5.69. The van der Waals surface area contributed by atoms with Gasteiger partial charge in [0.25, 0.3) is 0 Å². The highest BCUT2D eigenvalue weighted by atomic mass is 16.1. The third-order valence-corrected chi connectivity index (χ3v) is 3.95. The quantitative estimate of drug-likeness (QED) is 0.829. The van der Waals surface area contributed by atoms with Gasteiger partial charge in [-0.2, -0.15) is 0 Å². The molecule has 19 heavy (non-hydrogen) atoms. The molecular weight excluding hydrogens is 234 g/mol. The first-order valence-corrected chi connectivity index (χ1v) is 6.92. The number of allylic oxidation sites excluding steroid dienone is 4. The number of nitrogens with one attached hydrogen (secondary N) is 1. The number of benzene rings is 1. The Balaban J connectivity index is 2.07. The molecule has 0 aromatic heterocycles. The second kappa shape index (κ2) is 4.69. The lowest BCUT2D eigenvalue weighted by Gasteiger charge is -2.32. The number of rotatable bonds is 1. The fraction of sp³-hybridized carbons (Fsp3) is 0.353. The van der Waals surface area contributed by atoms with Gasteiger partial charge in [-0.3, -0.25) is 4.79 Å². The van der Waals surface area contributed by atoms with Crippen molar-refractivity contribution in [1.29, 1.82) is 0 Å². The molecule has 2 atom stereocenters. The lowest BCUT2D eigenvalue weighted by Crippen LogP contribution is -2.31. The fourth-order valence-corrected chi connectivity index (χ4v) is 3.14. The monoisotopic (exact) mass is 253 g/mol. The Hall–Kier alpha value is -1.83. The minimum atomic E-state index is 0.123. The molecule has 2 aliphatic rings. The van der Waals surface area contributed by atoms with Crippen LogP contribution in [-0.2, 0) is 4.79 Å². The summed E-state index contributed by atoms with van der Waals surface area (Å²) in [6, 6.07) is 10.3. The van der Waals surface area contributed by atoms with Gasteiger partial charge in [0, 0.05) is 29.3 Å². The van der Waals surface area contributed by atoms with Crippen molar-refractivity contribution in [1.82, 2.24) is 5.32 Å². The molecule has 3 rings (SSSR count). The van der Waals surface area contributed by atoms with Crippen molar-refractivity contribution < 1.29 is 4.79 Å². The molecular formula is C17H19NO. The number of carbonyl (C=O) groups is 1. The van der Waals surface area contributed by atoms with Crippen molar-refractivity contribution >= 4 is 5.78 Å². The zero-order valence-corrected chi connectivity index (χ0v) is 11.4.